The number of rotatable bonds is 3. The molecule has 0 radical (unpaired) electrons. The minimum Gasteiger partial charge on any atom is -0.304 e. The van der Waals surface area contributed by atoms with E-state index in [-0.39, 0.29) is 11.7 Å². The number of imidazole rings is 1. The van der Waals surface area contributed by atoms with Crippen molar-refractivity contribution in [3.8, 4) is 11.3 Å². The van der Waals surface area contributed by atoms with Gasteiger partial charge in [0.05, 0.1) is 0 Å². The zero-order valence-corrected chi connectivity index (χ0v) is 13.1. The van der Waals surface area contributed by atoms with Crippen molar-refractivity contribution < 1.29 is 9.18 Å². The summed E-state index contributed by atoms with van der Waals surface area (Å²) in [5, 5.41) is 4.74. The maximum Gasteiger partial charge on any atom is 0.275 e. The number of hydrogen-bond donors (Lipinski definition) is 1. The molecular weight excluding hydrogens is 327 g/mol. The number of pyridine rings is 1. The van der Waals surface area contributed by atoms with Crippen molar-refractivity contribution in [3.05, 3.63) is 71.7 Å². The van der Waals surface area contributed by atoms with Gasteiger partial charge < -0.3 is 5.32 Å². The van der Waals surface area contributed by atoms with Crippen LogP contribution < -0.4 is 5.32 Å². The summed E-state index contributed by atoms with van der Waals surface area (Å²) in [5.41, 5.74) is 1.63. The fourth-order valence-corrected chi connectivity index (χ4v) is 3.10. The Balaban J connectivity index is 1.78. The van der Waals surface area contributed by atoms with Gasteiger partial charge in [-0.05, 0) is 36.4 Å². The highest BCUT2D eigenvalue weighted by Gasteiger charge is 2.18. The van der Waals surface area contributed by atoms with Gasteiger partial charge in [0, 0.05) is 23.3 Å². The Morgan fingerprint density at radius 3 is 2.75 bits per heavy atom. The number of anilines is 1. The van der Waals surface area contributed by atoms with E-state index in [0.29, 0.717) is 17.2 Å². The largest absolute Gasteiger partial charge is 0.304 e. The topological polar surface area (TPSA) is 59.3 Å². The number of benzene rings is 1. The second kappa shape index (κ2) is 5.86. The molecule has 0 spiro atoms. The first-order chi connectivity index (χ1) is 11.7. The molecule has 0 saturated carbocycles. The van der Waals surface area contributed by atoms with Crippen molar-refractivity contribution in [2.24, 2.45) is 0 Å². The normalized spacial score (nSPS) is 10.9. The number of halogens is 1. The summed E-state index contributed by atoms with van der Waals surface area (Å²) in [6.07, 6.45) is 3.39. The number of carbonyl (C=O) groups is 1. The number of amides is 1. The number of carbonyl (C=O) groups excluding carboxylic acids is 1. The van der Waals surface area contributed by atoms with E-state index in [2.05, 4.69) is 15.3 Å². The SMILES string of the molecule is O=C(Nc1c(-c2ccc(F)cc2)nc2sccn12)c1ccccn1. The second-order valence-electron chi connectivity index (χ2n) is 5.04. The molecule has 0 unspecified atom stereocenters. The summed E-state index contributed by atoms with van der Waals surface area (Å²) in [4.78, 5) is 21.8. The Morgan fingerprint density at radius 2 is 2.00 bits per heavy atom. The monoisotopic (exact) mass is 338 g/mol. The molecule has 1 N–H and O–H groups in total. The zero-order valence-electron chi connectivity index (χ0n) is 12.3. The fraction of sp³-hybridized carbons (Fsp3) is 0. The van der Waals surface area contributed by atoms with Crippen LogP contribution in [-0.4, -0.2) is 20.3 Å². The first kappa shape index (κ1) is 14.5. The molecule has 3 heterocycles. The van der Waals surface area contributed by atoms with Gasteiger partial charge in [0.2, 0.25) is 0 Å². The van der Waals surface area contributed by atoms with E-state index in [4.69, 9.17) is 0 Å². The van der Waals surface area contributed by atoms with Crippen molar-refractivity contribution in [2.75, 3.05) is 5.32 Å². The van der Waals surface area contributed by atoms with Crippen LogP contribution >= 0.6 is 11.3 Å². The first-order valence-corrected chi connectivity index (χ1v) is 8.04. The van der Waals surface area contributed by atoms with Crippen LogP contribution in [0.3, 0.4) is 0 Å². The predicted octanol–water partition coefficient (Wildman–Crippen LogP) is 3.85. The summed E-state index contributed by atoms with van der Waals surface area (Å²) < 4.78 is 15.0. The van der Waals surface area contributed by atoms with Crippen molar-refractivity contribution in [1.29, 1.82) is 0 Å². The molecule has 0 fully saturated rings. The Morgan fingerprint density at radius 1 is 1.17 bits per heavy atom. The molecule has 0 bridgehead atoms. The van der Waals surface area contributed by atoms with E-state index in [9.17, 15) is 9.18 Å². The molecule has 0 atom stereocenters. The molecule has 1 aromatic carbocycles. The third-order valence-electron chi connectivity index (χ3n) is 3.51. The molecule has 0 saturated heterocycles. The zero-order chi connectivity index (χ0) is 16.5. The van der Waals surface area contributed by atoms with Gasteiger partial charge in [-0.25, -0.2) is 9.37 Å². The number of hydrogen-bond acceptors (Lipinski definition) is 4. The molecule has 118 valence electrons. The number of fused-ring (bicyclic) bond motifs is 1. The molecule has 4 rings (SSSR count). The maximum absolute atomic E-state index is 13.2. The van der Waals surface area contributed by atoms with Crippen LogP contribution in [0.15, 0.2) is 60.2 Å². The van der Waals surface area contributed by atoms with Crippen LogP contribution in [-0.2, 0) is 0 Å². The number of thiazole rings is 1. The lowest BCUT2D eigenvalue weighted by atomic mass is 10.1. The van der Waals surface area contributed by atoms with Crippen molar-refractivity contribution >= 4 is 28.0 Å². The molecule has 0 aliphatic heterocycles. The standard InChI is InChI=1S/C17H11FN4OS/c18-12-6-4-11(5-7-12)14-15(22-9-10-24-17(22)20-14)21-16(23)13-3-1-2-8-19-13/h1-10H,(H,21,23). The van der Waals surface area contributed by atoms with E-state index in [1.807, 2.05) is 11.6 Å². The summed E-state index contributed by atoms with van der Waals surface area (Å²) in [6.45, 7) is 0. The fourth-order valence-electron chi connectivity index (χ4n) is 2.38. The lowest BCUT2D eigenvalue weighted by Crippen LogP contribution is -2.15. The van der Waals surface area contributed by atoms with Gasteiger partial charge in [-0.1, -0.05) is 6.07 Å². The Labute approximate surface area is 140 Å². The molecule has 5 nitrogen and oxygen atoms in total. The number of nitrogens with one attached hydrogen (secondary N) is 1. The Kier molecular flexibility index (Phi) is 3.55. The summed E-state index contributed by atoms with van der Waals surface area (Å²) >= 11 is 1.45. The van der Waals surface area contributed by atoms with Crippen molar-refractivity contribution in [1.82, 2.24) is 14.4 Å². The highest BCUT2D eigenvalue weighted by Crippen LogP contribution is 2.31. The highest BCUT2D eigenvalue weighted by atomic mass is 32.1. The average Bonchev–Trinajstić information content (AvgIpc) is 3.19. The highest BCUT2D eigenvalue weighted by molar-refractivity contribution is 7.15. The summed E-state index contributed by atoms with van der Waals surface area (Å²) in [5.74, 6) is -0.112. The van der Waals surface area contributed by atoms with E-state index in [1.54, 1.807) is 40.9 Å². The third-order valence-corrected chi connectivity index (χ3v) is 4.27. The van der Waals surface area contributed by atoms with E-state index in [1.165, 1.54) is 23.5 Å². The lowest BCUT2D eigenvalue weighted by Gasteiger charge is -2.06. The van der Waals surface area contributed by atoms with Gasteiger partial charge in [0.1, 0.15) is 23.0 Å². The van der Waals surface area contributed by atoms with Crippen LogP contribution in [0.5, 0.6) is 0 Å². The van der Waals surface area contributed by atoms with Gasteiger partial charge in [-0.15, -0.1) is 11.3 Å². The third kappa shape index (κ3) is 2.55. The van der Waals surface area contributed by atoms with E-state index < -0.39 is 0 Å². The smallest absolute Gasteiger partial charge is 0.275 e. The molecular formula is C17H11FN4OS. The van der Waals surface area contributed by atoms with E-state index in [0.717, 1.165) is 10.5 Å². The molecule has 1 amide bonds. The Hall–Kier alpha value is -3.06. The van der Waals surface area contributed by atoms with Gasteiger partial charge in [-0.3, -0.25) is 14.2 Å². The summed E-state index contributed by atoms with van der Waals surface area (Å²) in [7, 11) is 0. The molecule has 4 aromatic rings. The number of aromatic nitrogens is 3. The molecule has 7 heteroatoms. The number of nitrogens with zero attached hydrogens (tertiary/aromatic N) is 3. The first-order valence-electron chi connectivity index (χ1n) is 7.16. The van der Waals surface area contributed by atoms with Crippen molar-refractivity contribution in [2.45, 2.75) is 0 Å². The molecule has 24 heavy (non-hydrogen) atoms. The van der Waals surface area contributed by atoms with E-state index >= 15 is 0 Å². The van der Waals surface area contributed by atoms with Gasteiger partial charge >= 0.3 is 0 Å². The predicted molar refractivity (Wildman–Crippen MR) is 90.7 cm³/mol. The van der Waals surface area contributed by atoms with Crippen LogP contribution in [0.2, 0.25) is 0 Å². The molecule has 0 aliphatic rings. The maximum atomic E-state index is 13.2. The molecule has 3 aromatic heterocycles. The van der Waals surface area contributed by atoms with Gasteiger partial charge in [-0.2, -0.15) is 0 Å². The van der Waals surface area contributed by atoms with Crippen LogP contribution in [0.25, 0.3) is 16.2 Å². The van der Waals surface area contributed by atoms with Crippen molar-refractivity contribution in [3.63, 3.8) is 0 Å². The quantitative estimate of drug-likeness (QED) is 0.617. The van der Waals surface area contributed by atoms with Crippen LogP contribution in [0.4, 0.5) is 10.2 Å². The van der Waals surface area contributed by atoms with Crippen LogP contribution in [0.1, 0.15) is 10.5 Å². The average molecular weight is 338 g/mol. The summed E-state index contributed by atoms with van der Waals surface area (Å²) in [6, 6.07) is 11.1. The minimum atomic E-state index is -0.327. The minimum absolute atomic E-state index is 0.313. The van der Waals surface area contributed by atoms with Crippen LogP contribution in [0, 0.1) is 5.82 Å². The van der Waals surface area contributed by atoms with Gasteiger partial charge in [0.15, 0.2) is 4.96 Å². The molecule has 0 aliphatic carbocycles. The lowest BCUT2D eigenvalue weighted by molar-refractivity contribution is 0.102. The Bertz CT molecular complexity index is 1010. The van der Waals surface area contributed by atoms with Gasteiger partial charge in [0.25, 0.3) is 5.91 Å². The second-order valence-corrected chi connectivity index (χ2v) is 5.91.